The van der Waals surface area contributed by atoms with Gasteiger partial charge in [-0.25, -0.2) is 9.78 Å². The maximum atomic E-state index is 13.0. The van der Waals surface area contributed by atoms with Gasteiger partial charge in [-0.05, 0) is 43.0 Å². The normalized spacial score (nSPS) is 10.8. The highest BCUT2D eigenvalue weighted by Crippen LogP contribution is 2.21. The van der Waals surface area contributed by atoms with Gasteiger partial charge in [0.05, 0.1) is 28.8 Å². The molecule has 0 radical (unpaired) electrons. The number of para-hydroxylation sites is 1. The maximum absolute atomic E-state index is 13.0. The summed E-state index contributed by atoms with van der Waals surface area (Å²) in [6.45, 7) is 4.07. The molecule has 128 valence electrons. The van der Waals surface area contributed by atoms with Gasteiger partial charge in [-0.15, -0.1) is 0 Å². The highest BCUT2D eigenvalue weighted by Gasteiger charge is 2.14. The van der Waals surface area contributed by atoms with Gasteiger partial charge in [0.25, 0.3) is 5.56 Å². The third-order valence-corrected chi connectivity index (χ3v) is 4.45. The summed E-state index contributed by atoms with van der Waals surface area (Å²) in [5.41, 5.74) is 1.53. The Morgan fingerprint density at radius 1 is 1.16 bits per heavy atom. The van der Waals surface area contributed by atoms with Crippen LogP contribution in [-0.2, 0) is 4.74 Å². The number of ether oxygens (including phenoxy) is 1. The second kappa shape index (κ2) is 7.53. The topological polar surface area (TPSA) is 61.2 Å². The molecule has 1 heterocycles. The SMILES string of the molecule is CCOC(=O)c1cccc(-n2c(SCC)nc3ccccc3c2=O)c1. The summed E-state index contributed by atoms with van der Waals surface area (Å²) in [7, 11) is 0. The molecule has 0 spiro atoms. The molecule has 6 heteroatoms. The van der Waals surface area contributed by atoms with Crippen LogP contribution in [0.4, 0.5) is 0 Å². The monoisotopic (exact) mass is 354 g/mol. The van der Waals surface area contributed by atoms with Gasteiger partial charge in [0.2, 0.25) is 0 Å². The van der Waals surface area contributed by atoms with Crippen molar-refractivity contribution in [3.63, 3.8) is 0 Å². The summed E-state index contributed by atoms with van der Waals surface area (Å²) in [6.07, 6.45) is 0. The molecular formula is C19H18N2O3S. The molecule has 5 nitrogen and oxygen atoms in total. The molecule has 0 atom stereocenters. The van der Waals surface area contributed by atoms with Crippen molar-refractivity contribution in [2.24, 2.45) is 0 Å². The highest BCUT2D eigenvalue weighted by molar-refractivity contribution is 7.99. The van der Waals surface area contributed by atoms with Crippen LogP contribution < -0.4 is 5.56 Å². The van der Waals surface area contributed by atoms with Gasteiger partial charge in [-0.2, -0.15) is 0 Å². The maximum Gasteiger partial charge on any atom is 0.338 e. The molecule has 3 aromatic rings. The second-order valence-corrected chi connectivity index (χ2v) is 6.49. The first-order valence-electron chi connectivity index (χ1n) is 8.07. The van der Waals surface area contributed by atoms with E-state index in [-0.39, 0.29) is 5.56 Å². The summed E-state index contributed by atoms with van der Waals surface area (Å²) in [5.74, 6) is 0.373. The number of hydrogen-bond donors (Lipinski definition) is 0. The first-order chi connectivity index (χ1) is 12.2. The number of carbonyl (C=O) groups excluding carboxylic acids is 1. The zero-order valence-corrected chi connectivity index (χ0v) is 14.9. The van der Waals surface area contributed by atoms with Crippen LogP contribution in [0.1, 0.15) is 24.2 Å². The molecule has 0 N–H and O–H groups in total. The number of carbonyl (C=O) groups is 1. The molecule has 0 saturated carbocycles. The first kappa shape index (κ1) is 17.2. The number of aromatic nitrogens is 2. The van der Waals surface area contributed by atoms with Crippen molar-refractivity contribution < 1.29 is 9.53 Å². The molecule has 0 amide bonds. The van der Waals surface area contributed by atoms with Crippen molar-refractivity contribution in [2.75, 3.05) is 12.4 Å². The molecule has 1 aromatic heterocycles. The smallest absolute Gasteiger partial charge is 0.338 e. The lowest BCUT2D eigenvalue weighted by atomic mass is 10.2. The minimum atomic E-state index is -0.407. The van der Waals surface area contributed by atoms with E-state index in [2.05, 4.69) is 4.98 Å². The molecule has 0 unspecified atom stereocenters. The number of nitrogens with zero attached hydrogens (tertiary/aromatic N) is 2. The Balaban J connectivity index is 2.22. The average Bonchev–Trinajstić information content (AvgIpc) is 2.62. The van der Waals surface area contributed by atoms with Gasteiger partial charge in [0.1, 0.15) is 0 Å². The number of thioether (sulfide) groups is 1. The second-order valence-electron chi connectivity index (χ2n) is 5.26. The molecule has 0 aliphatic rings. The van der Waals surface area contributed by atoms with Crippen molar-refractivity contribution in [3.8, 4) is 5.69 Å². The van der Waals surface area contributed by atoms with Gasteiger partial charge >= 0.3 is 5.97 Å². The van der Waals surface area contributed by atoms with Crippen LogP contribution in [0.2, 0.25) is 0 Å². The van der Waals surface area contributed by atoms with E-state index in [1.54, 1.807) is 41.8 Å². The molecule has 0 aliphatic carbocycles. The standard InChI is InChI=1S/C19H18N2O3S/c1-3-24-18(23)13-8-7-9-14(12-13)21-17(22)15-10-5-6-11-16(15)20-19(21)25-4-2/h5-12H,3-4H2,1-2H3. The van der Waals surface area contributed by atoms with E-state index in [9.17, 15) is 9.59 Å². The van der Waals surface area contributed by atoms with Crippen molar-refractivity contribution in [1.29, 1.82) is 0 Å². The zero-order chi connectivity index (χ0) is 17.8. The number of fused-ring (bicyclic) bond motifs is 1. The Kier molecular flexibility index (Phi) is 5.19. The van der Waals surface area contributed by atoms with E-state index in [4.69, 9.17) is 4.74 Å². The minimum Gasteiger partial charge on any atom is -0.462 e. The van der Waals surface area contributed by atoms with Gasteiger partial charge in [-0.3, -0.25) is 9.36 Å². The molecule has 3 rings (SSSR count). The van der Waals surface area contributed by atoms with Gasteiger partial charge in [-0.1, -0.05) is 36.9 Å². The van der Waals surface area contributed by atoms with E-state index < -0.39 is 5.97 Å². The van der Waals surface area contributed by atoms with E-state index in [1.807, 2.05) is 25.1 Å². The summed E-state index contributed by atoms with van der Waals surface area (Å²) < 4.78 is 6.60. The molecule has 0 bridgehead atoms. The Labute approximate surface area is 149 Å². The van der Waals surface area contributed by atoms with Gasteiger partial charge in [0.15, 0.2) is 5.16 Å². The Morgan fingerprint density at radius 2 is 1.96 bits per heavy atom. The van der Waals surface area contributed by atoms with Gasteiger partial charge < -0.3 is 4.74 Å². The van der Waals surface area contributed by atoms with Crippen molar-refractivity contribution in [1.82, 2.24) is 9.55 Å². The first-order valence-corrected chi connectivity index (χ1v) is 9.06. The van der Waals surface area contributed by atoms with Crippen LogP contribution in [0.25, 0.3) is 16.6 Å². The zero-order valence-electron chi connectivity index (χ0n) is 14.1. The molecule has 0 saturated heterocycles. The quantitative estimate of drug-likeness (QED) is 0.397. The predicted octanol–water partition coefficient (Wildman–Crippen LogP) is 3.67. The van der Waals surface area contributed by atoms with E-state index >= 15 is 0 Å². The van der Waals surface area contributed by atoms with E-state index in [0.29, 0.717) is 33.9 Å². The summed E-state index contributed by atoms with van der Waals surface area (Å²) in [5, 5.41) is 1.15. The Morgan fingerprint density at radius 3 is 2.72 bits per heavy atom. The lowest BCUT2D eigenvalue weighted by molar-refractivity contribution is 0.0526. The summed E-state index contributed by atoms with van der Waals surface area (Å²) >= 11 is 1.49. The largest absolute Gasteiger partial charge is 0.462 e. The van der Waals surface area contributed by atoms with Crippen LogP contribution in [0.3, 0.4) is 0 Å². The van der Waals surface area contributed by atoms with Crippen molar-refractivity contribution >= 4 is 28.6 Å². The van der Waals surface area contributed by atoms with E-state index in [1.165, 1.54) is 11.8 Å². The van der Waals surface area contributed by atoms with Gasteiger partial charge in [0, 0.05) is 0 Å². The molecular weight excluding hydrogens is 336 g/mol. The summed E-state index contributed by atoms with van der Waals surface area (Å²) in [4.78, 5) is 29.7. The fourth-order valence-electron chi connectivity index (χ4n) is 2.55. The minimum absolute atomic E-state index is 0.150. The molecule has 0 fully saturated rings. The van der Waals surface area contributed by atoms with Crippen LogP contribution in [0.15, 0.2) is 58.5 Å². The highest BCUT2D eigenvalue weighted by atomic mass is 32.2. The third kappa shape index (κ3) is 3.44. The third-order valence-electron chi connectivity index (χ3n) is 3.63. The van der Waals surface area contributed by atoms with Crippen LogP contribution in [0.5, 0.6) is 0 Å². The fraction of sp³-hybridized carbons (Fsp3) is 0.211. The number of benzene rings is 2. The molecule has 0 aliphatic heterocycles. The number of rotatable bonds is 5. The van der Waals surface area contributed by atoms with Crippen molar-refractivity contribution in [2.45, 2.75) is 19.0 Å². The van der Waals surface area contributed by atoms with E-state index in [0.717, 1.165) is 5.75 Å². The van der Waals surface area contributed by atoms with Crippen LogP contribution in [0, 0.1) is 0 Å². The van der Waals surface area contributed by atoms with Crippen LogP contribution >= 0.6 is 11.8 Å². The van der Waals surface area contributed by atoms with Crippen LogP contribution in [-0.4, -0.2) is 27.9 Å². The lowest BCUT2D eigenvalue weighted by Gasteiger charge is -2.13. The number of hydrogen-bond acceptors (Lipinski definition) is 5. The summed E-state index contributed by atoms with van der Waals surface area (Å²) in [6, 6.07) is 14.1. The van der Waals surface area contributed by atoms with Crippen molar-refractivity contribution in [3.05, 3.63) is 64.4 Å². The average molecular weight is 354 g/mol. The Bertz CT molecular complexity index is 982. The molecule has 2 aromatic carbocycles. The number of esters is 1. The molecule has 25 heavy (non-hydrogen) atoms. The predicted molar refractivity (Wildman–Crippen MR) is 99.7 cm³/mol. The fourth-order valence-corrected chi connectivity index (χ4v) is 3.29. The Hall–Kier alpha value is -2.60. The lowest BCUT2D eigenvalue weighted by Crippen LogP contribution is -2.22.